The largest absolute Gasteiger partial charge is 0.348 e. The van der Waals surface area contributed by atoms with Gasteiger partial charge in [-0.3, -0.25) is 9.59 Å². The second kappa shape index (κ2) is 9.19. The Morgan fingerprint density at radius 1 is 1.00 bits per heavy atom. The Bertz CT molecular complexity index is 1580. The van der Waals surface area contributed by atoms with Gasteiger partial charge in [-0.05, 0) is 53.4 Å². The minimum atomic E-state index is -0.674. The molecule has 1 aliphatic heterocycles. The number of carbonyl (C=O) groups is 2. The van der Waals surface area contributed by atoms with E-state index in [0.717, 1.165) is 5.69 Å². The number of halogens is 2. The molecule has 8 heteroatoms. The Morgan fingerprint density at radius 3 is 2.31 bits per heavy atom. The number of nitrogens with zero attached hydrogens (tertiary/aromatic N) is 2. The van der Waals surface area contributed by atoms with E-state index in [4.69, 9.17) is 5.26 Å². The maximum absolute atomic E-state index is 15.2. The van der Waals surface area contributed by atoms with Crippen LogP contribution >= 0.6 is 0 Å². The number of Topliss-reactive ketones (excluding diaryl/α,β-unsaturated/α-hetero) is 1. The number of imidazole rings is 1. The van der Waals surface area contributed by atoms with Gasteiger partial charge in [-0.1, -0.05) is 24.3 Å². The first-order chi connectivity index (χ1) is 17.3. The van der Waals surface area contributed by atoms with Crippen LogP contribution in [-0.4, -0.2) is 21.7 Å². The molecule has 5 rings (SSSR count). The molecule has 0 bridgehead atoms. The van der Waals surface area contributed by atoms with Crippen molar-refractivity contribution in [3.8, 4) is 28.6 Å². The summed E-state index contributed by atoms with van der Waals surface area (Å²) in [5.74, 6) is -1.05. The third-order valence-corrected chi connectivity index (χ3v) is 6.20. The van der Waals surface area contributed by atoms with Crippen LogP contribution in [0.2, 0.25) is 0 Å². The first kappa shape index (κ1) is 23.1. The first-order valence-corrected chi connectivity index (χ1v) is 11.3. The summed E-state index contributed by atoms with van der Waals surface area (Å²) < 4.78 is 29.0. The van der Waals surface area contributed by atoms with Crippen LogP contribution < -0.4 is 5.32 Å². The molecule has 0 radical (unpaired) electrons. The summed E-state index contributed by atoms with van der Waals surface area (Å²) in [5, 5.41) is 11.6. The zero-order valence-electron chi connectivity index (χ0n) is 19.3. The summed E-state index contributed by atoms with van der Waals surface area (Å²) in [6, 6.07) is 13.9. The molecular formula is C28H20F2N4O2. The zero-order valence-corrected chi connectivity index (χ0v) is 19.3. The number of aromatic nitrogens is 2. The summed E-state index contributed by atoms with van der Waals surface area (Å²) in [6.45, 7) is 2.15. The molecule has 1 amide bonds. The number of benzene rings is 3. The number of amides is 1. The molecule has 0 unspecified atom stereocenters. The van der Waals surface area contributed by atoms with Crippen LogP contribution in [0.4, 0.5) is 8.78 Å². The second-order valence-corrected chi connectivity index (χ2v) is 8.74. The van der Waals surface area contributed by atoms with E-state index in [1.54, 1.807) is 36.5 Å². The number of aromatic amines is 1. The van der Waals surface area contributed by atoms with Gasteiger partial charge in [0, 0.05) is 42.4 Å². The molecule has 2 N–H and O–H groups in total. The molecule has 178 valence electrons. The highest BCUT2D eigenvalue weighted by Gasteiger charge is 2.28. The van der Waals surface area contributed by atoms with Crippen molar-refractivity contribution < 1.29 is 18.4 Å². The van der Waals surface area contributed by atoms with Crippen molar-refractivity contribution in [1.29, 1.82) is 5.26 Å². The fourth-order valence-electron chi connectivity index (χ4n) is 4.51. The molecule has 3 aromatic carbocycles. The Hall–Kier alpha value is -4.64. The summed E-state index contributed by atoms with van der Waals surface area (Å²) in [5.41, 5.74) is 4.46. The highest BCUT2D eigenvalue weighted by molar-refractivity contribution is 6.06. The standard InChI is InChI=1S/C28H20F2N4O2/c1-15-13-32-27(34-15)22-7-6-20(23-14-33-28(36)26(22)23)21-5-3-17(11-25(21)30)9-19(35)8-16-2-4-18(12-31)24(29)10-16/h2-7,10-11,13H,8-9,14H2,1H3,(H,32,34)(H,33,36). The lowest BCUT2D eigenvalue weighted by Crippen LogP contribution is -2.13. The smallest absolute Gasteiger partial charge is 0.252 e. The first-order valence-electron chi connectivity index (χ1n) is 11.3. The van der Waals surface area contributed by atoms with Crippen molar-refractivity contribution in [3.63, 3.8) is 0 Å². The number of rotatable bonds is 6. The number of hydrogen-bond acceptors (Lipinski definition) is 4. The third kappa shape index (κ3) is 4.27. The molecule has 1 aromatic heterocycles. The Labute approximate surface area is 205 Å². The predicted molar refractivity (Wildman–Crippen MR) is 129 cm³/mol. The molecule has 4 aromatic rings. The molecule has 36 heavy (non-hydrogen) atoms. The normalized spacial score (nSPS) is 12.2. The number of carbonyl (C=O) groups excluding carboxylic acids is 2. The monoisotopic (exact) mass is 482 g/mol. The molecule has 0 saturated carbocycles. The molecule has 6 nitrogen and oxygen atoms in total. The van der Waals surface area contributed by atoms with Crippen molar-refractivity contribution in [3.05, 3.63) is 99.9 Å². The zero-order chi connectivity index (χ0) is 25.4. The van der Waals surface area contributed by atoms with Crippen molar-refractivity contribution in [2.75, 3.05) is 0 Å². The van der Waals surface area contributed by atoms with Gasteiger partial charge in [-0.25, -0.2) is 13.8 Å². The molecule has 2 heterocycles. The average molecular weight is 482 g/mol. The minimum Gasteiger partial charge on any atom is -0.348 e. The highest BCUT2D eigenvalue weighted by Crippen LogP contribution is 2.36. The Balaban J connectivity index is 1.40. The molecule has 0 fully saturated rings. The van der Waals surface area contributed by atoms with E-state index in [1.165, 1.54) is 24.3 Å². The fraction of sp³-hybridized carbons (Fsp3) is 0.143. The molecule has 0 atom stereocenters. The van der Waals surface area contributed by atoms with Gasteiger partial charge in [-0.15, -0.1) is 0 Å². The van der Waals surface area contributed by atoms with Gasteiger partial charge in [0.25, 0.3) is 5.91 Å². The number of nitriles is 1. The van der Waals surface area contributed by atoms with E-state index >= 15 is 4.39 Å². The van der Waals surface area contributed by atoms with Crippen LogP contribution in [0.3, 0.4) is 0 Å². The van der Waals surface area contributed by atoms with Crippen molar-refractivity contribution in [1.82, 2.24) is 15.3 Å². The number of H-pyrrole nitrogens is 1. The maximum Gasteiger partial charge on any atom is 0.252 e. The predicted octanol–water partition coefficient (Wildman–Crippen LogP) is 4.80. The summed E-state index contributed by atoms with van der Waals surface area (Å²) in [6.07, 6.45) is 1.63. The van der Waals surface area contributed by atoms with Gasteiger partial charge in [0.05, 0.1) is 11.1 Å². The van der Waals surface area contributed by atoms with Crippen molar-refractivity contribution in [2.45, 2.75) is 26.3 Å². The topological polar surface area (TPSA) is 98.6 Å². The lowest BCUT2D eigenvalue weighted by atomic mass is 9.91. The number of ketones is 1. The van der Waals surface area contributed by atoms with Crippen LogP contribution in [0.15, 0.2) is 54.7 Å². The number of fused-ring (bicyclic) bond motifs is 1. The average Bonchev–Trinajstić information content (AvgIpc) is 3.45. The van der Waals surface area contributed by atoms with Crippen molar-refractivity contribution >= 4 is 11.7 Å². The van der Waals surface area contributed by atoms with Crippen LogP contribution in [-0.2, 0) is 24.2 Å². The summed E-state index contributed by atoms with van der Waals surface area (Å²) in [4.78, 5) is 32.6. The molecule has 0 spiro atoms. The van der Waals surface area contributed by atoms with Gasteiger partial charge in [0.2, 0.25) is 0 Å². The lowest BCUT2D eigenvalue weighted by molar-refractivity contribution is -0.117. The molecule has 0 saturated heterocycles. The van der Waals surface area contributed by atoms with Gasteiger partial charge in [0.15, 0.2) is 0 Å². The Kier molecular flexibility index (Phi) is 5.90. The van der Waals surface area contributed by atoms with Crippen LogP contribution in [0.25, 0.3) is 22.5 Å². The van der Waals surface area contributed by atoms with E-state index in [2.05, 4.69) is 15.3 Å². The summed E-state index contributed by atoms with van der Waals surface area (Å²) in [7, 11) is 0. The van der Waals surface area contributed by atoms with Crippen molar-refractivity contribution in [2.24, 2.45) is 0 Å². The van der Waals surface area contributed by atoms with E-state index < -0.39 is 11.6 Å². The number of hydrogen-bond donors (Lipinski definition) is 2. The van der Waals surface area contributed by atoms with Gasteiger partial charge in [-0.2, -0.15) is 5.26 Å². The third-order valence-electron chi connectivity index (χ3n) is 6.20. The fourth-order valence-corrected chi connectivity index (χ4v) is 4.51. The molecule has 1 aliphatic rings. The van der Waals surface area contributed by atoms with E-state index in [-0.39, 0.29) is 36.6 Å². The summed E-state index contributed by atoms with van der Waals surface area (Å²) >= 11 is 0. The quantitative estimate of drug-likeness (QED) is 0.412. The van der Waals surface area contributed by atoms with Crippen LogP contribution in [0, 0.1) is 29.9 Å². The SMILES string of the molecule is Cc1cnc(-c2ccc(-c3ccc(CC(=O)Cc4ccc(C#N)c(F)c4)cc3F)c3c2C(=O)NC3)[nH]1. The molecular weight excluding hydrogens is 462 g/mol. The molecule has 0 aliphatic carbocycles. The van der Waals surface area contributed by atoms with Gasteiger partial charge < -0.3 is 10.3 Å². The highest BCUT2D eigenvalue weighted by atomic mass is 19.1. The van der Waals surface area contributed by atoms with Gasteiger partial charge in [0.1, 0.15) is 29.3 Å². The minimum absolute atomic E-state index is 0.0201. The van der Waals surface area contributed by atoms with Crippen LogP contribution in [0.5, 0.6) is 0 Å². The lowest BCUT2D eigenvalue weighted by Gasteiger charge is -2.12. The number of aryl methyl sites for hydroxylation is 1. The van der Waals surface area contributed by atoms with Crippen LogP contribution in [0.1, 0.15) is 38.3 Å². The second-order valence-electron chi connectivity index (χ2n) is 8.74. The van der Waals surface area contributed by atoms with E-state index in [9.17, 15) is 14.0 Å². The Morgan fingerprint density at radius 2 is 1.67 bits per heavy atom. The van der Waals surface area contributed by atoms with E-state index in [0.29, 0.717) is 44.8 Å². The van der Waals surface area contributed by atoms with Gasteiger partial charge >= 0.3 is 0 Å². The maximum atomic E-state index is 15.2. The number of nitrogens with one attached hydrogen (secondary N) is 2. The van der Waals surface area contributed by atoms with E-state index in [1.807, 2.05) is 6.92 Å².